The van der Waals surface area contributed by atoms with Gasteiger partial charge < -0.3 is 10.4 Å². The number of tetrazole rings is 1. The number of nitriles is 1. The zero-order valence-electron chi connectivity index (χ0n) is 10.7. The predicted molar refractivity (Wildman–Crippen MR) is 74.5 cm³/mol. The zero-order chi connectivity index (χ0) is 15.1. The molecule has 0 aliphatic heterocycles. The predicted octanol–water partition coefficient (Wildman–Crippen LogP) is 1.27. The molecule has 0 aliphatic carbocycles. The maximum absolute atomic E-state index is 10.5. The van der Waals surface area contributed by atoms with E-state index in [1.54, 1.807) is 24.3 Å². The number of hydrogen-bond acceptors (Lipinski definition) is 6. The van der Waals surface area contributed by atoms with Crippen LogP contribution in [0.15, 0.2) is 36.5 Å². The van der Waals surface area contributed by atoms with Gasteiger partial charge in [0.15, 0.2) is 0 Å². The van der Waals surface area contributed by atoms with Gasteiger partial charge in [-0.25, -0.2) is 4.79 Å². The number of aromatic amines is 1. The van der Waals surface area contributed by atoms with Gasteiger partial charge in [-0.15, -0.1) is 10.2 Å². The maximum atomic E-state index is 10.5. The summed E-state index contributed by atoms with van der Waals surface area (Å²) in [4.78, 5) is 10.5. The average molecular weight is 282 g/mol. The van der Waals surface area contributed by atoms with Crippen LogP contribution in [0.4, 0.5) is 5.69 Å². The molecule has 21 heavy (non-hydrogen) atoms. The van der Waals surface area contributed by atoms with E-state index < -0.39 is 5.97 Å². The quantitative estimate of drug-likeness (QED) is 0.556. The van der Waals surface area contributed by atoms with Crippen LogP contribution in [-0.4, -0.2) is 31.7 Å². The van der Waals surface area contributed by atoms with Gasteiger partial charge in [0.1, 0.15) is 11.6 Å². The van der Waals surface area contributed by atoms with Crippen LogP contribution in [-0.2, 0) is 4.79 Å². The summed E-state index contributed by atoms with van der Waals surface area (Å²) in [7, 11) is 0. The number of benzene rings is 1. The Balaban J connectivity index is 2.15. The highest BCUT2D eigenvalue weighted by atomic mass is 16.4. The molecule has 0 saturated heterocycles. The lowest BCUT2D eigenvalue weighted by Crippen LogP contribution is -1.93. The SMILES string of the molecule is N#CC(=CNc1cccc(C=CC(=O)O)c1)c1nn[nH]n1. The second-order valence-electron chi connectivity index (χ2n) is 3.85. The lowest BCUT2D eigenvalue weighted by molar-refractivity contribution is -0.131. The molecular weight excluding hydrogens is 272 g/mol. The van der Waals surface area contributed by atoms with Crippen molar-refractivity contribution in [1.29, 1.82) is 5.26 Å². The molecule has 0 bridgehead atoms. The van der Waals surface area contributed by atoms with Gasteiger partial charge in [-0.3, -0.25) is 0 Å². The molecular formula is C13H10N6O2. The highest BCUT2D eigenvalue weighted by Gasteiger charge is 2.05. The Kier molecular flexibility index (Phi) is 4.40. The summed E-state index contributed by atoms with van der Waals surface area (Å²) in [6.07, 6.45) is 3.97. The number of aliphatic carboxylic acids is 1. The third-order valence-electron chi connectivity index (χ3n) is 2.39. The van der Waals surface area contributed by atoms with Gasteiger partial charge in [-0.1, -0.05) is 12.1 Å². The Hall–Kier alpha value is -3.47. The highest BCUT2D eigenvalue weighted by molar-refractivity contribution is 5.85. The van der Waals surface area contributed by atoms with E-state index in [1.807, 2.05) is 6.07 Å². The van der Waals surface area contributed by atoms with Gasteiger partial charge in [0, 0.05) is 18.0 Å². The maximum Gasteiger partial charge on any atom is 0.328 e. The van der Waals surface area contributed by atoms with Crippen molar-refractivity contribution in [3.8, 4) is 6.07 Å². The number of H-pyrrole nitrogens is 1. The molecule has 0 radical (unpaired) electrons. The Morgan fingerprint density at radius 2 is 2.33 bits per heavy atom. The first-order chi connectivity index (χ1) is 10.2. The van der Waals surface area contributed by atoms with E-state index in [0.717, 1.165) is 6.08 Å². The van der Waals surface area contributed by atoms with Crippen molar-refractivity contribution in [2.75, 3.05) is 5.32 Å². The summed E-state index contributed by atoms with van der Waals surface area (Å²) in [6, 6.07) is 8.99. The second-order valence-corrected chi connectivity index (χ2v) is 3.85. The second kappa shape index (κ2) is 6.63. The first-order valence-corrected chi connectivity index (χ1v) is 5.81. The van der Waals surface area contributed by atoms with Gasteiger partial charge in [0.25, 0.3) is 0 Å². The normalized spacial score (nSPS) is 11.3. The molecule has 1 aromatic carbocycles. The van der Waals surface area contributed by atoms with Gasteiger partial charge in [0.05, 0.1) is 0 Å². The number of hydrogen-bond donors (Lipinski definition) is 3. The Bertz CT molecular complexity index is 727. The summed E-state index contributed by atoms with van der Waals surface area (Å²) < 4.78 is 0. The van der Waals surface area contributed by atoms with E-state index in [9.17, 15) is 4.79 Å². The number of carboxylic acid groups (broad SMARTS) is 1. The van der Waals surface area contributed by atoms with Crippen molar-refractivity contribution in [2.45, 2.75) is 0 Å². The average Bonchev–Trinajstić information content (AvgIpc) is 3.00. The van der Waals surface area contributed by atoms with Crippen LogP contribution in [0.25, 0.3) is 11.6 Å². The van der Waals surface area contributed by atoms with Crippen LogP contribution >= 0.6 is 0 Å². The number of nitrogens with zero attached hydrogens (tertiary/aromatic N) is 4. The number of nitrogens with one attached hydrogen (secondary N) is 2. The van der Waals surface area contributed by atoms with Crippen LogP contribution in [0.1, 0.15) is 11.4 Å². The summed E-state index contributed by atoms with van der Waals surface area (Å²) in [6.45, 7) is 0. The van der Waals surface area contributed by atoms with Crippen LogP contribution in [0.5, 0.6) is 0 Å². The van der Waals surface area contributed by atoms with Crippen molar-refractivity contribution < 1.29 is 9.90 Å². The smallest absolute Gasteiger partial charge is 0.328 e. The largest absolute Gasteiger partial charge is 0.478 e. The molecule has 104 valence electrons. The summed E-state index contributed by atoms with van der Waals surface area (Å²) in [5.74, 6) is -0.830. The molecule has 0 spiro atoms. The monoisotopic (exact) mass is 282 g/mol. The molecule has 1 aromatic heterocycles. The molecule has 8 nitrogen and oxygen atoms in total. The lowest BCUT2D eigenvalue weighted by Gasteiger charge is -2.02. The molecule has 0 aliphatic rings. The first kappa shape index (κ1) is 14.0. The van der Waals surface area contributed by atoms with Gasteiger partial charge >= 0.3 is 5.97 Å². The van der Waals surface area contributed by atoms with Crippen molar-refractivity contribution in [3.63, 3.8) is 0 Å². The van der Waals surface area contributed by atoms with Crippen molar-refractivity contribution in [3.05, 3.63) is 47.9 Å². The molecule has 0 amide bonds. The van der Waals surface area contributed by atoms with E-state index in [0.29, 0.717) is 11.3 Å². The molecule has 0 atom stereocenters. The van der Waals surface area contributed by atoms with Crippen LogP contribution in [0.2, 0.25) is 0 Å². The van der Waals surface area contributed by atoms with Crippen LogP contribution in [0.3, 0.4) is 0 Å². The molecule has 2 aromatic rings. The molecule has 8 heteroatoms. The Morgan fingerprint density at radius 3 is 3.00 bits per heavy atom. The summed E-state index contributed by atoms with van der Waals surface area (Å²) >= 11 is 0. The highest BCUT2D eigenvalue weighted by Crippen LogP contribution is 2.14. The van der Waals surface area contributed by atoms with Gasteiger partial charge in [0.2, 0.25) is 5.82 Å². The number of allylic oxidation sites excluding steroid dienone is 1. The molecule has 0 unspecified atom stereocenters. The number of carboxylic acids is 1. The third kappa shape index (κ3) is 4.00. The minimum atomic E-state index is -1.02. The summed E-state index contributed by atoms with van der Waals surface area (Å²) in [5, 5.41) is 33.6. The molecule has 0 fully saturated rings. The molecule has 0 saturated carbocycles. The van der Waals surface area contributed by atoms with Gasteiger partial charge in [-0.2, -0.15) is 10.5 Å². The van der Waals surface area contributed by atoms with E-state index in [2.05, 4.69) is 25.9 Å². The van der Waals surface area contributed by atoms with Crippen LogP contribution < -0.4 is 5.32 Å². The standard InChI is InChI=1S/C13H10N6O2/c14-7-10(13-16-18-19-17-13)8-15-11-3-1-2-9(6-11)4-5-12(20)21/h1-6,8,15H,(H,20,21)(H,16,17,18,19). The van der Waals surface area contributed by atoms with Crippen LogP contribution in [0, 0.1) is 11.3 Å². The topological polar surface area (TPSA) is 128 Å². The molecule has 3 N–H and O–H groups in total. The van der Waals surface area contributed by atoms with Gasteiger partial charge in [-0.05, 0) is 29.0 Å². The van der Waals surface area contributed by atoms with E-state index in [-0.39, 0.29) is 11.4 Å². The lowest BCUT2D eigenvalue weighted by atomic mass is 10.2. The zero-order valence-corrected chi connectivity index (χ0v) is 10.7. The minimum Gasteiger partial charge on any atom is -0.478 e. The minimum absolute atomic E-state index is 0.187. The fraction of sp³-hybridized carbons (Fsp3) is 0. The van der Waals surface area contributed by atoms with Crippen molar-refractivity contribution in [2.24, 2.45) is 0 Å². The number of aromatic nitrogens is 4. The number of rotatable bonds is 5. The van der Waals surface area contributed by atoms with Crippen molar-refractivity contribution >= 4 is 23.3 Å². The number of anilines is 1. The Labute approximate surface area is 119 Å². The van der Waals surface area contributed by atoms with E-state index in [1.165, 1.54) is 12.3 Å². The Morgan fingerprint density at radius 1 is 1.48 bits per heavy atom. The van der Waals surface area contributed by atoms with Crippen molar-refractivity contribution in [1.82, 2.24) is 20.6 Å². The molecule has 1 heterocycles. The summed E-state index contributed by atoms with van der Waals surface area (Å²) in [5.41, 5.74) is 1.63. The first-order valence-electron chi connectivity index (χ1n) is 5.81. The third-order valence-corrected chi connectivity index (χ3v) is 2.39. The number of carbonyl (C=O) groups is 1. The fourth-order valence-electron chi connectivity index (χ4n) is 1.48. The van der Waals surface area contributed by atoms with E-state index >= 15 is 0 Å². The fourth-order valence-corrected chi connectivity index (χ4v) is 1.48. The van der Waals surface area contributed by atoms with E-state index in [4.69, 9.17) is 10.4 Å². The molecule has 2 rings (SSSR count).